The van der Waals surface area contributed by atoms with Crippen LogP contribution < -0.4 is 5.73 Å². The third kappa shape index (κ3) is 4.28. The van der Waals surface area contributed by atoms with Gasteiger partial charge in [-0.05, 0) is 44.3 Å². The minimum absolute atomic E-state index is 0.0504. The molecular formula is C18H18ClF3N2O2. The second-order valence-corrected chi connectivity index (χ2v) is 6.50. The number of aromatic hydroxyl groups is 1. The molecule has 0 unspecified atom stereocenters. The fraction of sp³-hybridized carbons (Fsp3) is 0.278. The number of likely N-dealkylation sites (N-methyl/N-ethyl adjacent to an activating group) is 1. The van der Waals surface area contributed by atoms with Crippen LogP contribution in [0.2, 0.25) is 5.02 Å². The smallest absolute Gasteiger partial charge is 0.416 e. The zero-order chi connectivity index (χ0) is 19.6. The van der Waals surface area contributed by atoms with Crippen molar-refractivity contribution in [2.45, 2.75) is 12.6 Å². The van der Waals surface area contributed by atoms with E-state index in [2.05, 4.69) is 0 Å². The SMILES string of the molecule is CN(C)CCc1c(-c2ccc(C(F)(F)F)cc2Cl)ccc(C(N)=O)c1O. The summed E-state index contributed by atoms with van der Waals surface area (Å²) >= 11 is 6.08. The summed E-state index contributed by atoms with van der Waals surface area (Å²) in [6, 6.07) is 5.88. The van der Waals surface area contributed by atoms with Gasteiger partial charge >= 0.3 is 6.18 Å². The Morgan fingerprint density at radius 1 is 1.19 bits per heavy atom. The van der Waals surface area contributed by atoms with Crippen LogP contribution in [0, 0.1) is 0 Å². The number of halogens is 4. The molecule has 2 aromatic rings. The summed E-state index contributed by atoms with van der Waals surface area (Å²) in [6.45, 7) is 0.543. The first kappa shape index (κ1) is 20.1. The molecule has 1 amide bonds. The Balaban J connectivity index is 2.61. The summed E-state index contributed by atoms with van der Waals surface area (Å²) < 4.78 is 38.5. The van der Waals surface area contributed by atoms with E-state index in [-0.39, 0.29) is 16.3 Å². The normalized spacial score (nSPS) is 11.8. The highest BCUT2D eigenvalue weighted by atomic mass is 35.5. The Hall–Kier alpha value is -2.25. The standard InChI is InChI=1S/C18H18ClF3N2O2/c1-24(2)8-7-13-11(5-6-14(16(13)25)17(23)26)12-4-3-10(9-15(12)19)18(20,21)22/h3-6,9,25H,7-8H2,1-2H3,(H2,23,26). The molecule has 140 valence electrons. The van der Waals surface area contributed by atoms with E-state index in [0.717, 1.165) is 12.1 Å². The molecule has 0 aliphatic heterocycles. The van der Waals surface area contributed by atoms with Crippen LogP contribution in [0.4, 0.5) is 13.2 Å². The van der Waals surface area contributed by atoms with Gasteiger partial charge in [-0.1, -0.05) is 23.7 Å². The minimum atomic E-state index is -4.51. The van der Waals surface area contributed by atoms with Crippen LogP contribution in [0.15, 0.2) is 30.3 Å². The first-order chi connectivity index (χ1) is 12.0. The summed E-state index contributed by atoms with van der Waals surface area (Å²) in [4.78, 5) is 13.4. The van der Waals surface area contributed by atoms with Gasteiger partial charge in [0.15, 0.2) is 0 Å². The lowest BCUT2D eigenvalue weighted by atomic mass is 9.93. The van der Waals surface area contributed by atoms with Crippen molar-refractivity contribution in [2.75, 3.05) is 20.6 Å². The summed E-state index contributed by atoms with van der Waals surface area (Å²) in [5, 5.41) is 10.3. The molecule has 0 saturated carbocycles. The fourth-order valence-electron chi connectivity index (χ4n) is 2.59. The zero-order valence-electron chi connectivity index (χ0n) is 14.2. The van der Waals surface area contributed by atoms with Crippen molar-refractivity contribution in [3.63, 3.8) is 0 Å². The zero-order valence-corrected chi connectivity index (χ0v) is 14.9. The molecule has 0 atom stereocenters. The molecule has 0 aliphatic rings. The van der Waals surface area contributed by atoms with Crippen LogP contribution in [0.3, 0.4) is 0 Å². The molecule has 2 aromatic carbocycles. The van der Waals surface area contributed by atoms with Gasteiger partial charge in [-0.2, -0.15) is 13.2 Å². The van der Waals surface area contributed by atoms with E-state index in [4.69, 9.17) is 17.3 Å². The molecule has 0 heterocycles. The molecule has 2 rings (SSSR count). The van der Waals surface area contributed by atoms with Gasteiger partial charge in [0.25, 0.3) is 5.91 Å². The van der Waals surface area contributed by atoms with E-state index in [9.17, 15) is 23.1 Å². The third-order valence-electron chi connectivity index (χ3n) is 3.94. The van der Waals surface area contributed by atoms with Gasteiger partial charge in [0.1, 0.15) is 5.75 Å². The Morgan fingerprint density at radius 2 is 1.81 bits per heavy atom. The quantitative estimate of drug-likeness (QED) is 0.818. The van der Waals surface area contributed by atoms with E-state index in [0.29, 0.717) is 29.7 Å². The van der Waals surface area contributed by atoms with Crippen LogP contribution in [0.25, 0.3) is 11.1 Å². The van der Waals surface area contributed by atoms with Gasteiger partial charge in [0, 0.05) is 22.7 Å². The second kappa shape index (κ2) is 7.55. The van der Waals surface area contributed by atoms with Crippen LogP contribution in [0.1, 0.15) is 21.5 Å². The predicted octanol–water partition coefficient (Wildman–Crippen LogP) is 3.93. The molecular weight excluding hydrogens is 369 g/mol. The number of phenols is 1. The molecule has 0 aliphatic carbocycles. The molecule has 0 radical (unpaired) electrons. The number of hydrogen-bond acceptors (Lipinski definition) is 3. The highest BCUT2D eigenvalue weighted by Crippen LogP contribution is 2.39. The minimum Gasteiger partial charge on any atom is -0.507 e. The molecule has 0 bridgehead atoms. The Bertz CT molecular complexity index is 836. The summed E-state index contributed by atoms with van der Waals surface area (Å²) in [7, 11) is 3.67. The van der Waals surface area contributed by atoms with E-state index < -0.39 is 17.6 Å². The monoisotopic (exact) mass is 386 g/mol. The number of nitrogens with two attached hydrogens (primary N) is 1. The maximum Gasteiger partial charge on any atom is 0.416 e. The van der Waals surface area contributed by atoms with Crippen molar-refractivity contribution < 1.29 is 23.1 Å². The van der Waals surface area contributed by atoms with Crippen molar-refractivity contribution in [2.24, 2.45) is 5.73 Å². The van der Waals surface area contributed by atoms with Crippen molar-refractivity contribution in [1.29, 1.82) is 0 Å². The molecule has 0 aromatic heterocycles. The van der Waals surface area contributed by atoms with Crippen molar-refractivity contribution in [3.8, 4) is 16.9 Å². The molecule has 0 spiro atoms. The Morgan fingerprint density at radius 3 is 2.31 bits per heavy atom. The predicted molar refractivity (Wildman–Crippen MR) is 94.3 cm³/mol. The molecule has 4 nitrogen and oxygen atoms in total. The van der Waals surface area contributed by atoms with Gasteiger partial charge in [0.05, 0.1) is 11.1 Å². The van der Waals surface area contributed by atoms with Crippen LogP contribution in [-0.4, -0.2) is 36.6 Å². The van der Waals surface area contributed by atoms with Gasteiger partial charge in [0.2, 0.25) is 0 Å². The van der Waals surface area contributed by atoms with Gasteiger partial charge in [-0.15, -0.1) is 0 Å². The third-order valence-corrected chi connectivity index (χ3v) is 4.26. The average molecular weight is 387 g/mol. The summed E-state index contributed by atoms with van der Waals surface area (Å²) in [6.07, 6.45) is -4.15. The number of carbonyl (C=O) groups is 1. The highest BCUT2D eigenvalue weighted by Gasteiger charge is 2.31. The van der Waals surface area contributed by atoms with Crippen LogP contribution >= 0.6 is 11.6 Å². The highest BCUT2D eigenvalue weighted by molar-refractivity contribution is 6.33. The van der Waals surface area contributed by atoms with Gasteiger partial charge in [-0.3, -0.25) is 4.79 Å². The van der Waals surface area contributed by atoms with Crippen LogP contribution in [0.5, 0.6) is 5.75 Å². The van der Waals surface area contributed by atoms with E-state index >= 15 is 0 Å². The number of amides is 1. The Labute approximate surface area is 154 Å². The van der Waals surface area contributed by atoms with Crippen molar-refractivity contribution in [3.05, 3.63) is 52.0 Å². The number of primary amides is 1. The number of hydrogen-bond donors (Lipinski definition) is 2. The number of benzene rings is 2. The maximum atomic E-state index is 12.8. The number of rotatable bonds is 5. The fourth-order valence-corrected chi connectivity index (χ4v) is 2.87. The Kier molecular flexibility index (Phi) is 5.83. The topological polar surface area (TPSA) is 66.6 Å². The lowest BCUT2D eigenvalue weighted by Gasteiger charge is -2.18. The summed E-state index contributed by atoms with van der Waals surface area (Å²) in [5.74, 6) is -1.08. The second-order valence-electron chi connectivity index (χ2n) is 6.10. The molecule has 8 heteroatoms. The molecule has 0 saturated heterocycles. The number of nitrogens with zero attached hydrogens (tertiary/aromatic N) is 1. The van der Waals surface area contributed by atoms with E-state index in [1.165, 1.54) is 18.2 Å². The van der Waals surface area contributed by atoms with Gasteiger partial charge in [-0.25, -0.2) is 0 Å². The molecule has 3 N–H and O–H groups in total. The number of carbonyl (C=O) groups excluding carboxylic acids is 1. The van der Waals surface area contributed by atoms with E-state index in [1.807, 2.05) is 19.0 Å². The lowest BCUT2D eigenvalue weighted by Crippen LogP contribution is -2.17. The first-order valence-electron chi connectivity index (χ1n) is 7.69. The number of alkyl halides is 3. The van der Waals surface area contributed by atoms with Crippen molar-refractivity contribution >= 4 is 17.5 Å². The summed E-state index contributed by atoms with van der Waals surface area (Å²) in [5.41, 5.74) is 5.54. The largest absolute Gasteiger partial charge is 0.507 e. The lowest BCUT2D eigenvalue weighted by molar-refractivity contribution is -0.137. The first-order valence-corrected chi connectivity index (χ1v) is 8.06. The molecule has 0 fully saturated rings. The van der Waals surface area contributed by atoms with Gasteiger partial charge < -0.3 is 15.7 Å². The van der Waals surface area contributed by atoms with Crippen LogP contribution in [-0.2, 0) is 12.6 Å². The van der Waals surface area contributed by atoms with Crippen molar-refractivity contribution in [1.82, 2.24) is 4.90 Å². The molecule has 26 heavy (non-hydrogen) atoms. The average Bonchev–Trinajstić information content (AvgIpc) is 2.52. The van der Waals surface area contributed by atoms with E-state index in [1.54, 1.807) is 0 Å². The maximum absolute atomic E-state index is 12.8.